The van der Waals surface area contributed by atoms with Crippen LogP contribution < -0.4 is 4.74 Å². The molecule has 35 heavy (non-hydrogen) atoms. The number of methoxy groups -OCH3 is 1. The van der Waals surface area contributed by atoms with Crippen LogP contribution in [0.25, 0.3) is 0 Å². The van der Waals surface area contributed by atoms with Crippen molar-refractivity contribution >= 4 is 5.97 Å². The van der Waals surface area contributed by atoms with Crippen molar-refractivity contribution in [3.63, 3.8) is 0 Å². The van der Waals surface area contributed by atoms with Crippen LogP contribution in [0.3, 0.4) is 0 Å². The van der Waals surface area contributed by atoms with Crippen LogP contribution in [0.1, 0.15) is 57.6 Å². The molecule has 0 spiro atoms. The number of rotatable bonds is 9. The predicted molar refractivity (Wildman–Crippen MR) is 135 cm³/mol. The first-order valence-corrected chi connectivity index (χ1v) is 12.0. The number of benzene rings is 3. The van der Waals surface area contributed by atoms with Gasteiger partial charge in [-0.2, -0.15) is 0 Å². The molecule has 0 aliphatic carbocycles. The minimum absolute atomic E-state index is 0.00292. The number of nitrogens with zero attached hydrogens (tertiary/aromatic N) is 1. The summed E-state index contributed by atoms with van der Waals surface area (Å²) in [5, 5.41) is 19.5. The van der Waals surface area contributed by atoms with Crippen LogP contribution in [0, 0.1) is 6.92 Å². The van der Waals surface area contributed by atoms with Gasteiger partial charge in [0.15, 0.2) is 0 Å². The van der Waals surface area contributed by atoms with Crippen LogP contribution in [0.5, 0.6) is 5.75 Å². The fourth-order valence-electron chi connectivity index (χ4n) is 4.93. The Morgan fingerprint density at radius 1 is 1.09 bits per heavy atom. The molecule has 0 aromatic heterocycles. The number of hydrogen-bond donors (Lipinski definition) is 2. The molecule has 1 saturated heterocycles. The van der Waals surface area contributed by atoms with Gasteiger partial charge in [-0.15, -0.1) is 0 Å². The minimum atomic E-state index is -0.916. The number of aliphatic hydroxyl groups excluding tert-OH is 1. The van der Waals surface area contributed by atoms with Crippen molar-refractivity contribution in [1.82, 2.24) is 4.90 Å². The Morgan fingerprint density at radius 2 is 1.89 bits per heavy atom. The van der Waals surface area contributed by atoms with Gasteiger partial charge in [-0.1, -0.05) is 48.5 Å². The maximum atomic E-state index is 11.4. The number of likely N-dealkylation sites (tertiary alicyclic amines) is 1. The molecule has 3 aromatic carbocycles. The van der Waals surface area contributed by atoms with Crippen LogP contribution in [0.4, 0.5) is 0 Å². The van der Waals surface area contributed by atoms with Crippen molar-refractivity contribution in [1.29, 1.82) is 0 Å². The summed E-state index contributed by atoms with van der Waals surface area (Å²) in [4.78, 5) is 13.8. The molecule has 3 aromatic rings. The van der Waals surface area contributed by atoms with Crippen LogP contribution in [0.15, 0.2) is 72.8 Å². The second-order valence-electron chi connectivity index (χ2n) is 9.04. The number of aromatic carboxylic acids is 1. The van der Waals surface area contributed by atoms with Crippen molar-refractivity contribution in [2.75, 3.05) is 20.3 Å². The number of ether oxygens (including phenoxy) is 2. The van der Waals surface area contributed by atoms with E-state index in [4.69, 9.17) is 9.47 Å². The maximum absolute atomic E-state index is 11.4. The lowest BCUT2D eigenvalue weighted by Crippen LogP contribution is -2.43. The highest BCUT2D eigenvalue weighted by Crippen LogP contribution is 2.37. The van der Waals surface area contributed by atoms with E-state index in [-0.39, 0.29) is 18.8 Å². The highest BCUT2D eigenvalue weighted by atomic mass is 16.5. The van der Waals surface area contributed by atoms with Gasteiger partial charge in [0.05, 0.1) is 31.4 Å². The Balaban J connectivity index is 1.62. The molecule has 1 aliphatic heterocycles. The Bertz CT molecular complexity index is 1130. The molecule has 6 heteroatoms. The fourth-order valence-corrected chi connectivity index (χ4v) is 4.93. The molecule has 6 nitrogen and oxygen atoms in total. The van der Waals surface area contributed by atoms with Crippen molar-refractivity contribution in [2.24, 2.45) is 0 Å². The highest BCUT2D eigenvalue weighted by Gasteiger charge is 2.35. The van der Waals surface area contributed by atoms with E-state index in [1.165, 1.54) is 5.56 Å². The third-order valence-corrected chi connectivity index (χ3v) is 6.75. The first-order chi connectivity index (χ1) is 17.0. The van der Waals surface area contributed by atoms with E-state index >= 15 is 0 Å². The van der Waals surface area contributed by atoms with Crippen LogP contribution >= 0.6 is 0 Å². The maximum Gasteiger partial charge on any atom is 0.335 e. The first-order valence-electron chi connectivity index (χ1n) is 12.0. The second kappa shape index (κ2) is 11.5. The van der Waals surface area contributed by atoms with Gasteiger partial charge in [-0.05, 0) is 72.8 Å². The Hall–Kier alpha value is -3.19. The third-order valence-electron chi connectivity index (χ3n) is 6.75. The second-order valence-corrected chi connectivity index (χ2v) is 9.04. The molecule has 184 valence electrons. The molecule has 1 heterocycles. The summed E-state index contributed by atoms with van der Waals surface area (Å²) in [6.45, 7) is 3.43. The monoisotopic (exact) mass is 475 g/mol. The largest absolute Gasteiger partial charge is 0.497 e. The molecule has 0 radical (unpaired) electrons. The average molecular weight is 476 g/mol. The number of carbonyl (C=O) groups is 1. The smallest absolute Gasteiger partial charge is 0.335 e. The Morgan fingerprint density at radius 3 is 2.57 bits per heavy atom. The van der Waals surface area contributed by atoms with Crippen molar-refractivity contribution in [3.8, 4) is 5.75 Å². The van der Waals surface area contributed by atoms with E-state index in [1.54, 1.807) is 19.2 Å². The van der Waals surface area contributed by atoms with Gasteiger partial charge in [0, 0.05) is 6.54 Å². The van der Waals surface area contributed by atoms with E-state index in [1.807, 2.05) is 55.5 Å². The molecule has 0 unspecified atom stereocenters. The SMILES string of the molecule is COc1cccc([C@@H](CO)O[C@H]2CCCN(Cc3ccc(C(=O)O)cc3C)[C@H]2c2ccccc2)c1. The van der Waals surface area contributed by atoms with Gasteiger partial charge in [0.2, 0.25) is 0 Å². The summed E-state index contributed by atoms with van der Waals surface area (Å²) in [7, 11) is 1.63. The summed E-state index contributed by atoms with van der Waals surface area (Å²) < 4.78 is 12.0. The van der Waals surface area contributed by atoms with Crippen molar-refractivity contribution in [3.05, 3.63) is 101 Å². The molecule has 0 amide bonds. The summed E-state index contributed by atoms with van der Waals surface area (Å²) in [5.41, 5.74) is 4.41. The molecular weight excluding hydrogens is 442 g/mol. The van der Waals surface area contributed by atoms with Crippen LogP contribution in [0.2, 0.25) is 0 Å². The van der Waals surface area contributed by atoms with E-state index in [9.17, 15) is 15.0 Å². The number of carboxylic acid groups (broad SMARTS) is 1. The number of aliphatic hydroxyl groups is 1. The highest BCUT2D eigenvalue weighted by molar-refractivity contribution is 5.87. The van der Waals surface area contributed by atoms with Crippen molar-refractivity contribution < 1.29 is 24.5 Å². The van der Waals surface area contributed by atoms with E-state index in [2.05, 4.69) is 17.0 Å². The van der Waals surface area contributed by atoms with Gasteiger partial charge in [-0.25, -0.2) is 4.79 Å². The number of hydrogen-bond acceptors (Lipinski definition) is 5. The van der Waals surface area contributed by atoms with E-state index in [0.717, 1.165) is 41.8 Å². The van der Waals surface area contributed by atoms with Gasteiger partial charge < -0.3 is 19.7 Å². The number of carboxylic acids is 1. The first kappa shape index (κ1) is 24.9. The molecule has 3 atom stereocenters. The lowest BCUT2D eigenvalue weighted by atomic mass is 9.91. The molecule has 1 fully saturated rings. The molecular formula is C29H33NO5. The third kappa shape index (κ3) is 5.90. The molecule has 0 saturated carbocycles. The summed E-state index contributed by atoms with van der Waals surface area (Å²) in [6, 6.07) is 23.3. The van der Waals surface area contributed by atoms with Gasteiger partial charge in [-0.3, -0.25) is 4.90 Å². The van der Waals surface area contributed by atoms with Gasteiger partial charge in [0.25, 0.3) is 0 Å². The molecule has 0 bridgehead atoms. The quantitative estimate of drug-likeness (QED) is 0.445. The normalized spacial score (nSPS) is 19.3. The van der Waals surface area contributed by atoms with Crippen LogP contribution in [-0.4, -0.2) is 47.4 Å². The van der Waals surface area contributed by atoms with Crippen molar-refractivity contribution in [2.45, 2.75) is 44.6 Å². The number of piperidine rings is 1. The fraction of sp³-hybridized carbons (Fsp3) is 0.345. The van der Waals surface area contributed by atoms with Gasteiger partial charge in [0.1, 0.15) is 11.9 Å². The summed E-state index contributed by atoms with van der Waals surface area (Å²) in [6.07, 6.45) is 1.27. The Kier molecular flexibility index (Phi) is 8.18. The summed E-state index contributed by atoms with van der Waals surface area (Å²) >= 11 is 0. The topological polar surface area (TPSA) is 79.2 Å². The summed E-state index contributed by atoms with van der Waals surface area (Å²) in [5.74, 6) is -0.185. The minimum Gasteiger partial charge on any atom is -0.497 e. The number of aryl methyl sites for hydroxylation is 1. The zero-order chi connectivity index (χ0) is 24.8. The standard InChI is InChI=1S/C29H33NO5/c1-20-16-23(29(32)33)13-14-24(20)18-30-15-7-12-26(28(30)21-8-4-3-5-9-21)35-27(19-31)22-10-6-11-25(17-22)34-2/h3-6,8-11,13-14,16-17,26-28,31H,7,12,15,18-19H2,1-2H3,(H,32,33)/t26-,27+,28-/m0/s1. The Labute approximate surface area is 206 Å². The average Bonchev–Trinajstić information content (AvgIpc) is 2.89. The predicted octanol–water partition coefficient (Wildman–Crippen LogP) is 5.16. The molecule has 4 rings (SSSR count). The lowest BCUT2D eigenvalue weighted by Gasteiger charge is -2.43. The lowest BCUT2D eigenvalue weighted by molar-refractivity contribution is -0.100. The molecule has 1 aliphatic rings. The van der Waals surface area contributed by atoms with E-state index in [0.29, 0.717) is 12.1 Å². The zero-order valence-electron chi connectivity index (χ0n) is 20.3. The van der Waals surface area contributed by atoms with Gasteiger partial charge >= 0.3 is 5.97 Å². The van der Waals surface area contributed by atoms with Crippen LogP contribution in [-0.2, 0) is 11.3 Å². The zero-order valence-corrected chi connectivity index (χ0v) is 20.3. The van der Waals surface area contributed by atoms with E-state index < -0.39 is 12.1 Å². The molecule has 2 N–H and O–H groups in total.